The molecular weight excluding hydrogens is 282 g/mol. The van der Waals surface area contributed by atoms with E-state index in [1.807, 2.05) is 0 Å². The summed E-state index contributed by atoms with van der Waals surface area (Å²) >= 11 is 0. The zero-order valence-electron chi connectivity index (χ0n) is 14.5. The Balaban J connectivity index is 2.00. The monoisotopic (exact) mass is 313 g/mol. The van der Waals surface area contributed by atoms with Gasteiger partial charge in [0.1, 0.15) is 5.82 Å². The predicted octanol–water partition coefficient (Wildman–Crippen LogP) is 4.61. The Morgan fingerprint density at radius 2 is 1.70 bits per heavy atom. The summed E-state index contributed by atoms with van der Waals surface area (Å²) < 4.78 is 0. The second-order valence-electron chi connectivity index (χ2n) is 6.47. The van der Waals surface area contributed by atoms with Crippen LogP contribution >= 0.6 is 0 Å². The number of nitrogens with zero attached hydrogens (tertiary/aromatic N) is 1. The van der Waals surface area contributed by atoms with E-state index in [2.05, 4.69) is 36.2 Å². The second kappa shape index (κ2) is 9.51. The van der Waals surface area contributed by atoms with Crippen LogP contribution in [0.3, 0.4) is 0 Å². The maximum Gasteiger partial charge on any atom is 0.127 e. The van der Waals surface area contributed by atoms with Crippen LogP contribution in [0.1, 0.15) is 63.0 Å². The van der Waals surface area contributed by atoms with Gasteiger partial charge in [0.25, 0.3) is 0 Å². The third-order valence-electron chi connectivity index (χ3n) is 4.46. The number of nitrogen functional groups attached to an aromatic ring is 1. The first kappa shape index (κ1) is 17.7. The Kier molecular flexibility index (Phi) is 7.34. The normalized spacial score (nSPS) is 11.2. The van der Waals surface area contributed by atoms with Crippen molar-refractivity contribution in [2.45, 2.75) is 64.7 Å². The van der Waals surface area contributed by atoms with Gasteiger partial charge in [0.05, 0.1) is 5.52 Å². The first-order valence-electron chi connectivity index (χ1n) is 9.12. The summed E-state index contributed by atoms with van der Waals surface area (Å²) in [6.07, 6.45) is 10.7. The van der Waals surface area contributed by atoms with Gasteiger partial charge in [-0.1, -0.05) is 44.7 Å². The van der Waals surface area contributed by atoms with Gasteiger partial charge >= 0.3 is 0 Å². The van der Waals surface area contributed by atoms with Gasteiger partial charge in [0, 0.05) is 5.39 Å². The van der Waals surface area contributed by atoms with E-state index in [0.29, 0.717) is 5.82 Å². The molecule has 0 unspecified atom stereocenters. The Morgan fingerprint density at radius 3 is 2.48 bits per heavy atom. The quantitative estimate of drug-likeness (QED) is 0.629. The molecule has 23 heavy (non-hydrogen) atoms. The number of aryl methyl sites for hydroxylation is 2. The van der Waals surface area contributed by atoms with Gasteiger partial charge in [-0.15, -0.1) is 0 Å². The van der Waals surface area contributed by atoms with Gasteiger partial charge < -0.3 is 11.5 Å². The minimum atomic E-state index is 0.702. The molecule has 0 aliphatic carbocycles. The molecule has 2 aromatic rings. The van der Waals surface area contributed by atoms with Gasteiger partial charge in [-0.25, -0.2) is 4.98 Å². The number of unbranched alkanes of at least 4 members (excludes halogenated alkanes) is 5. The summed E-state index contributed by atoms with van der Waals surface area (Å²) in [6.45, 7) is 3.03. The molecule has 0 atom stereocenters. The third kappa shape index (κ3) is 5.51. The number of anilines is 1. The Morgan fingerprint density at radius 1 is 0.913 bits per heavy atom. The molecule has 0 fully saturated rings. The number of aromatic nitrogens is 1. The summed E-state index contributed by atoms with van der Waals surface area (Å²) in [7, 11) is 0. The van der Waals surface area contributed by atoms with E-state index in [4.69, 9.17) is 11.5 Å². The Hall–Kier alpha value is -1.61. The fourth-order valence-corrected chi connectivity index (χ4v) is 3.02. The average molecular weight is 313 g/mol. The van der Waals surface area contributed by atoms with E-state index in [9.17, 15) is 0 Å². The first-order valence-corrected chi connectivity index (χ1v) is 9.12. The molecule has 4 N–H and O–H groups in total. The molecule has 0 spiro atoms. The minimum absolute atomic E-state index is 0.702. The summed E-state index contributed by atoms with van der Waals surface area (Å²) in [5.74, 6) is 0.702. The number of hydrogen-bond donors (Lipinski definition) is 2. The second-order valence-corrected chi connectivity index (χ2v) is 6.47. The highest BCUT2D eigenvalue weighted by Crippen LogP contribution is 2.22. The van der Waals surface area contributed by atoms with Crippen LogP contribution in [0.25, 0.3) is 10.9 Å². The van der Waals surface area contributed by atoms with Crippen molar-refractivity contribution in [2.24, 2.45) is 5.73 Å². The molecule has 126 valence electrons. The zero-order valence-corrected chi connectivity index (χ0v) is 14.5. The predicted molar refractivity (Wildman–Crippen MR) is 101 cm³/mol. The van der Waals surface area contributed by atoms with Crippen LogP contribution in [0, 0.1) is 0 Å². The fourth-order valence-electron chi connectivity index (χ4n) is 3.02. The van der Waals surface area contributed by atoms with Crippen molar-refractivity contribution >= 4 is 16.7 Å². The molecular formula is C20H31N3. The van der Waals surface area contributed by atoms with Crippen molar-refractivity contribution in [1.29, 1.82) is 0 Å². The molecule has 0 aliphatic rings. The van der Waals surface area contributed by atoms with Crippen molar-refractivity contribution in [3.8, 4) is 0 Å². The Labute approximate surface area is 140 Å². The van der Waals surface area contributed by atoms with Crippen LogP contribution in [0.2, 0.25) is 0 Å². The van der Waals surface area contributed by atoms with E-state index in [0.717, 1.165) is 31.3 Å². The maximum atomic E-state index is 6.15. The van der Waals surface area contributed by atoms with Gasteiger partial charge in [0.15, 0.2) is 0 Å². The molecule has 3 nitrogen and oxygen atoms in total. The van der Waals surface area contributed by atoms with Gasteiger partial charge in [-0.2, -0.15) is 0 Å². The minimum Gasteiger partial charge on any atom is -0.383 e. The van der Waals surface area contributed by atoms with Crippen molar-refractivity contribution < 1.29 is 0 Å². The van der Waals surface area contributed by atoms with Crippen LogP contribution in [0.4, 0.5) is 5.82 Å². The molecule has 1 aromatic carbocycles. The van der Waals surface area contributed by atoms with E-state index >= 15 is 0 Å². The van der Waals surface area contributed by atoms with Crippen molar-refractivity contribution in [3.63, 3.8) is 0 Å². The topological polar surface area (TPSA) is 64.9 Å². The number of fused-ring (bicyclic) bond motifs is 1. The third-order valence-corrected chi connectivity index (χ3v) is 4.46. The van der Waals surface area contributed by atoms with E-state index < -0.39 is 0 Å². The van der Waals surface area contributed by atoms with Crippen LogP contribution in [-0.2, 0) is 12.8 Å². The zero-order chi connectivity index (χ0) is 16.5. The van der Waals surface area contributed by atoms with E-state index in [1.54, 1.807) is 0 Å². The average Bonchev–Trinajstić information content (AvgIpc) is 2.55. The lowest BCUT2D eigenvalue weighted by molar-refractivity contribution is 0.647. The van der Waals surface area contributed by atoms with Gasteiger partial charge in [-0.3, -0.25) is 0 Å². The summed E-state index contributed by atoms with van der Waals surface area (Å²) in [5.41, 5.74) is 15.3. The molecule has 0 radical (unpaired) electrons. The van der Waals surface area contributed by atoms with Crippen LogP contribution in [0.5, 0.6) is 0 Å². The lowest BCUT2D eigenvalue weighted by Gasteiger charge is -2.09. The highest BCUT2D eigenvalue weighted by atomic mass is 14.8. The molecule has 1 aromatic heterocycles. The van der Waals surface area contributed by atoms with Crippen molar-refractivity contribution in [3.05, 3.63) is 35.4 Å². The lowest BCUT2D eigenvalue weighted by Crippen LogP contribution is -1.99. The Bertz CT molecular complexity index is 607. The molecule has 2 rings (SSSR count). The summed E-state index contributed by atoms with van der Waals surface area (Å²) in [4.78, 5) is 4.63. The van der Waals surface area contributed by atoms with Crippen molar-refractivity contribution in [1.82, 2.24) is 4.98 Å². The van der Waals surface area contributed by atoms with Gasteiger partial charge in [0.2, 0.25) is 0 Å². The van der Waals surface area contributed by atoms with Crippen molar-refractivity contribution in [2.75, 3.05) is 12.3 Å². The standard InChI is InChI=1S/C20H31N3/c1-2-3-6-10-18-15-17-12-11-16(9-7-4-5-8-13-21)14-19(17)23-20(18)22/h11-12,14-15H,2-10,13,21H2,1H3,(H2,22,23). The molecule has 3 heteroatoms. The summed E-state index contributed by atoms with van der Waals surface area (Å²) in [5, 5.41) is 1.21. The van der Waals surface area contributed by atoms with Gasteiger partial charge in [-0.05, 0) is 61.9 Å². The molecule has 0 bridgehead atoms. The molecule has 0 aliphatic heterocycles. The molecule has 0 saturated heterocycles. The first-order chi connectivity index (χ1) is 11.2. The van der Waals surface area contributed by atoms with Crippen LogP contribution in [-0.4, -0.2) is 11.5 Å². The smallest absolute Gasteiger partial charge is 0.127 e. The number of benzene rings is 1. The molecule has 0 amide bonds. The number of pyridine rings is 1. The number of rotatable bonds is 10. The largest absolute Gasteiger partial charge is 0.383 e. The SMILES string of the molecule is CCCCCc1cc2ccc(CCCCCCN)cc2nc1N. The summed E-state index contributed by atoms with van der Waals surface area (Å²) in [6, 6.07) is 8.85. The fraction of sp³-hybridized carbons (Fsp3) is 0.550. The highest BCUT2D eigenvalue weighted by Gasteiger charge is 2.05. The molecule has 1 heterocycles. The van der Waals surface area contributed by atoms with Crippen LogP contribution in [0.15, 0.2) is 24.3 Å². The van der Waals surface area contributed by atoms with E-state index in [1.165, 1.54) is 55.0 Å². The van der Waals surface area contributed by atoms with Crippen LogP contribution < -0.4 is 11.5 Å². The van der Waals surface area contributed by atoms with E-state index in [-0.39, 0.29) is 0 Å². The number of nitrogens with two attached hydrogens (primary N) is 2. The lowest BCUT2D eigenvalue weighted by atomic mass is 10.0. The highest BCUT2D eigenvalue weighted by molar-refractivity contribution is 5.82. The number of hydrogen-bond acceptors (Lipinski definition) is 3. The maximum absolute atomic E-state index is 6.15. The molecule has 0 saturated carbocycles.